The number of rotatable bonds is 3. The summed E-state index contributed by atoms with van der Waals surface area (Å²) in [6, 6.07) is 6.45. The van der Waals surface area contributed by atoms with Gasteiger partial charge in [0.1, 0.15) is 0 Å². The number of carboxylic acid groups (broad SMARTS) is 1. The summed E-state index contributed by atoms with van der Waals surface area (Å²) >= 11 is 0. The molecule has 90 valence electrons. The first-order valence-corrected chi connectivity index (χ1v) is 6.36. The molecule has 2 rings (SSSR count). The summed E-state index contributed by atoms with van der Waals surface area (Å²) in [5.41, 5.74) is 1.70. The van der Waals surface area contributed by atoms with Gasteiger partial charge in [-0.25, -0.2) is 4.79 Å². The molecule has 1 N–H and O–H groups in total. The van der Waals surface area contributed by atoms with Crippen molar-refractivity contribution < 1.29 is 19.0 Å². The highest BCUT2D eigenvalue weighted by Crippen LogP contribution is 2.41. The number of nitrogens with zero attached hydrogens (tertiary/aromatic N) is 1. The highest BCUT2D eigenvalue weighted by atomic mass is 31.1. The topological polar surface area (TPSA) is 66.8 Å². The average Bonchev–Trinajstić information content (AvgIpc) is 2.36. The third kappa shape index (κ3) is 2.22. The van der Waals surface area contributed by atoms with Crippen LogP contribution < -0.4 is 0 Å². The Morgan fingerprint density at radius 2 is 2.24 bits per heavy atom. The number of carbonyl (C=O) groups is 1. The van der Waals surface area contributed by atoms with E-state index in [1.54, 1.807) is 12.1 Å². The van der Waals surface area contributed by atoms with Gasteiger partial charge in [-0.3, -0.25) is 0 Å². The molecular weight excluding hydrogens is 241 g/mol. The van der Waals surface area contributed by atoms with E-state index < -0.39 is 20.2 Å². The minimum atomic E-state index is -2.09. The standard InChI is InChI=1S/C11H12NO4P/c1-16-17(15)12-7-6-8-4-2-3-5-9(8)10(12)11(13)14/h2-5,10H,6-7H2,1H3/p+1. The van der Waals surface area contributed by atoms with Crippen molar-refractivity contribution in [2.75, 3.05) is 13.7 Å². The average molecular weight is 254 g/mol. The van der Waals surface area contributed by atoms with E-state index in [9.17, 15) is 14.5 Å². The zero-order valence-electron chi connectivity index (χ0n) is 9.37. The van der Waals surface area contributed by atoms with Gasteiger partial charge < -0.3 is 5.11 Å². The van der Waals surface area contributed by atoms with Crippen molar-refractivity contribution in [3.8, 4) is 0 Å². The molecule has 2 atom stereocenters. The van der Waals surface area contributed by atoms with E-state index in [1.807, 2.05) is 12.1 Å². The zero-order valence-corrected chi connectivity index (χ0v) is 10.3. The van der Waals surface area contributed by atoms with Crippen molar-refractivity contribution in [2.24, 2.45) is 0 Å². The van der Waals surface area contributed by atoms with Crippen molar-refractivity contribution in [2.45, 2.75) is 12.5 Å². The van der Waals surface area contributed by atoms with Gasteiger partial charge in [0.15, 0.2) is 6.04 Å². The monoisotopic (exact) mass is 254 g/mol. The fraction of sp³-hybridized carbons (Fsp3) is 0.364. The number of hydrogen-bond acceptors (Lipinski definition) is 3. The summed E-state index contributed by atoms with van der Waals surface area (Å²) in [4.78, 5) is 11.3. The Morgan fingerprint density at radius 1 is 1.53 bits per heavy atom. The van der Waals surface area contributed by atoms with Gasteiger partial charge in [-0.05, 0) is 26.8 Å². The van der Waals surface area contributed by atoms with Crippen LogP contribution in [0.3, 0.4) is 0 Å². The quantitative estimate of drug-likeness (QED) is 0.835. The first-order valence-electron chi connectivity index (χ1n) is 5.23. The molecule has 1 aliphatic rings. The lowest BCUT2D eigenvalue weighted by molar-refractivity contribution is -0.142. The van der Waals surface area contributed by atoms with Gasteiger partial charge in [0.05, 0.1) is 13.7 Å². The molecule has 0 amide bonds. The normalized spacial score (nSPS) is 20.8. The van der Waals surface area contributed by atoms with Crippen molar-refractivity contribution in [3.05, 3.63) is 35.4 Å². The predicted molar refractivity (Wildman–Crippen MR) is 61.8 cm³/mol. The molecule has 0 bridgehead atoms. The molecule has 0 aliphatic carbocycles. The maximum absolute atomic E-state index is 11.7. The SMILES string of the molecule is CO[P+](=O)N1CCc2ccccc2C1C(=O)O. The summed E-state index contributed by atoms with van der Waals surface area (Å²) in [5, 5.41) is 9.27. The van der Waals surface area contributed by atoms with Gasteiger partial charge in [0, 0.05) is 0 Å². The van der Waals surface area contributed by atoms with Crippen LogP contribution in [-0.2, 0) is 20.3 Å². The summed E-state index contributed by atoms with van der Waals surface area (Å²) in [7, 11) is -0.773. The molecule has 6 heteroatoms. The van der Waals surface area contributed by atoms with Crippen LogP contribution >= 0.6 is 8.18 Å². The third-order valence-electron chi connectivity index (χ3n) is 2.86. The molecule has 1 aromatic rings. The van der Waals surface area contributed by atoms with E-state index in [-0.39, 0.29) is 0 Å². The number of hydrogen-bond donors (Lipinski definition) is 1. The summed E-state index contributed by atoms with van der Waals surface area (Å²) in [5.74, 6) is -1.00. The van der Waals surface area contributed by atoms with Crippen molar-refractivity contribution in [1.29, 1.82) is 0 Å². The van der Waals surface area contributed by atoms with E-state index in [4.69, 9.17) is 4.52 Å². The van der Waals surface area contributed by atoms with Crippen molar-refractivity contribution in [1.82, 2.24) is 4.67 Å². The van der Waals surface area contributed by atoms with Crippen LogP contribution in [0.4, 0.5) is 0 Å². The Balaban J connectivity index is 2.43. The van der Waals surface area contributed by atoms with Crippen LogP contribution in [0.1, 0.15) is 17.2 Å². The van der Waals surface area contributed by atoms with Crippen molar-refractivity contribution >= 4 is 14.1 Å². The first-order chi connectivity index (χ1) is 8.15. The molecule has 1 aromatic carbocycles. The Hall–Kier alpha value is -1.29. The molecule has 5 nitrogen and oxygen atoms in total. The molecule has 0 saturated carbocycles. The van der Waals surface area contributed by atoms with Crippen LogP contribution in [0.15, 0.2) is 24.3 Å². The Morgan fingerprint density at radius 3 is 2.88 bits per heavy atom. The van der Waals surface area contributed by atoms with Gasteiger partial charge in [-0.15, -0.1) is 4.52 Å². The van der Waals surface area contributed by atoms with Gasteiger partial charge in [-0.2, -0.15) is 0 Å². The highest BCUT2D eigenvalue weighted by Gasteiger charge is 2.44. The van der Waals surface area contributed by atoms with Crippen LogP contribution in [0, 0.1) is 0 Å². The van der Waals surface area contributed by atoms with Crippen LogP contribution in [0.25, 0.3) is 0 Å². The zero-order chi connectivity index (χ0) is 12.4. The van der Waals surface area contributed by atoms with Gasteiger partial charge in [0.25, 0.3) is 0 Å². The fourth-order valence-corrected chi connectivity index (χ4v) is 2.98. The fourth-order valence-electron chi connectivity index (χ4n) is 2.09. The smallest absolute Gasteiger partial charge is 0.480 e. The molecule has 0 saturated heterocycles. The molecule has 2 unspecified atom stereocenters. The van der Waals surface area contributed by atoms with Gasteiger partial charge >= 0.3 is 14.1 Å². The summed E-state index contributed by atoms with van der Waals surface area (Å²) in [6.45, 7) is 0.428. The molecule has 0 fully saturated rings. The maximum Gasteiger partial charge on any atom is 0.616 e. The second-order valence-electron chi connectivity index (χ2n) is 3.77. The van der Waals surface area contributed by atoms with E-state index >= 15 is 0 Å². The largest absolute Gasteiger partial charge is 0.616 e. The molecule has 0 spiro atoms. The third-order valence-corrected chi connectivity index (χ3v) is 4.02. The number of benzene rings is 1. The first kappa shape index (κ1) is 12.2. The molecule has 1 heterocycles. The minimum Gasteiger partial charge on any atom is -0.480 e. The molecule has 1 aliphatic heterocycles. The lowest BCUT2D eigenvalue weighted by atomic mass is 9.94. The summed E-state index contributed by atoms with van der Waals surface area (Å²) in [6.07, 6.45) is 0.685. The highest BCUT2D eigenvalue weighted by molar-refractivity contribution is 7.36. The second-order valence-corrected chi connectivity index (χ2v) is 5.13. The van der Waals surface area contributed by atoms with Crippen LogP contribution in [0.2, 0.25) is 0 Å². The Kier molecular flexibility index (Phi) is 3.52. The van der Waals surface area contributed by atoms with Gasteiger partial charge in [0.2, 0.25) is 0 Å². The lowest BCUT2D eigenvalue weighted by Crippen LogP contribution is -2.35. The van der Waals surface area contributed by atoms with E-state index in [0.29, 0.717) is 18.5 Å². The van der Waals surface area contributed by atoms with Crippen LogP contribution in [0.5, 0.6) is 0 Å². The maximum atomic E-state index is 11.7. The summed E-state index contributed by atoms with van der Waals surface area (Å²) < 4.78 is 17.8. The molecule has 17 heavy (non-hydrogen) atoms. The van der Waals surface area contributed by atoms with Crippen LogP contribution in [-0.4, -0.2) is 29.4 Å². The number of aliphatic carboxylic acids is 1. The van der Waals surface area contributed by atoms with E-state index in [2.05, 4.69) is 0 Å². The Labute approximate surface area is 99.9 Å². The Bertz CT molecular complexity index is 463. The number of fused-ring (bicyclic) bond motifs is 1. The lowest BCUT2D eigenvalue weighted by Gasteiger charge is -2.25. The molecular formula is C11H13NO4P+. The van der Waals surface area contributed by atoms with E-state index in [1.165, 1.54) is 11.8 Å². The number of carboxylic acids is 1. The van der Waals surface area contributed by atoms with E-state index in [0.717, 1.165) is 5.56 Å². The molecule has 0 aromatic heterocycles. The van der Waals surface area contributed by atoms with Gasteiger partial charge in [-0.1, -0.05) is 24.3 Å². The minimum absolute atomic E-state index is 0.428. The second kappa shape index (κ2) is 4.92. The molecule has 0 radical (unpaired) electrons. The van der Waals surface area contributed by atoms with Crippen molar-refractivity contribution in [3.63, 3.8) is 0 Å². The predicted octanol–water partition coefficient (Wildman–Crippen LogP) is 1.97.